The molecule has 0 aromatic heterocycles. The Bertz CT molecular complexity index is 423. The number of thiocarbonyl (C=S) groups is 1. The van der Waals surface area contributed by atoms with Gasteiger partial charge in [0.25, 0.3) is 0 Å². The van der Waals surface area contributed by atoms with Crippen LogP contribution >= 0.6 is 23.8 Å². The van der Waals surface area contributed by atoms with E-state index in [1.165, 1.54) is 0 Å². The second kappa shape index (κ2) is 6.25. The van der Waals surface area contributed by atoms with Crippen LogP contribution in [0, 0.1) is 0 Å². The molecule has 5 heteroatoms. The minimum absolute atomic E-state index is 0.152. The van der Waals surface area contributed by atoms with Gasteiger partial charge in [-0.05, 0) is 42.9 Å². The fourth-order valence-electron chi connectivity index (χ4n) is 0.971. The van der Waals surface area contributed by atoms with Gasteiger partial charge in [-0.25, -0.2) is 0 Å². The number of benzene rings is 1. The van der Waals surface area contributed by atoms with E-state index >= 15 is 0 Å². The van der Waals surface area contributed by atoms with Gasteiger partial charge >= 0.3 is 0 Å². The van der Waals surface area contributed by atoms with Crippen molar-refractivity contribution in [1.29, 1.82) is 0 Å². The minimum atomic E-state index is 0.152. The summed E-state index contributed by atoms with van der Waals surface area (Å²) >= 11 is 10.4. The highest BCUT2D eigenvalue weighted by molar-refractivity contribution is 7.80. The van der Waals surface area contributed by atoms with Gasteiger partial charge in [-0.15, -0.1) is 0 Å². The van der Waals surface area contributed by atoms with Crippen molar-refractivity contribution in [2.45, 2.75) is 6.92 Å². The van der Waals surface area contributed by atoms with Gasteiger partial charge in [0.2, 0.25) is 0 Å². The SMILES string of the molecule is CC(/C=C\c1ccc(Cl)cc1)=N/NC(N)=S. The molecule has 0 amide bonds. The van der Waals surface area contributed by atoms with Crippen molar-refractivity contribution in [2.24, 2.45) is 10.8 Å². The fourth-order valence-corrected chi connectivity index (χ4v) is 1.14. The molecule has 0 unspecified atom stereocenters. The number of nitrogens with one attached hydrogen (secondary N) is 1. The molecule has 1 aromatic carbocycles. The van der Waals surface area contributed by atoms with Crippen molar-refractivity contribution in [3.63, 3.8) is 0 Å². The Kier molecular flexibility index (Phi) is 4.95. The summed E-state index contributed by atoms with van der Waals surface area (Å²) in [4.78, 5) is 0. The number of hydrazone groups is 1. The molecule has 1 aromatic rings. The van der Waals surface area contributed by atoms with Gasteiger partial charge in [0.15, 0.2) is 5.11 Å². The summed E-state index contributed by atoms with van der Waals surface area (Å²) in [6.07, 6.45) is 3.78. The van der Waals surface area contributed by atoms with Crippen LogP contribution in [0.5, 0.6) is 0 Å². The van der Waals surface area contributed by atoms with Crippen LogP contribution in [-0.4, -0.2) is 10.8 Å². The zero-order chi connectivity index (χ0) is 12.0. The van der Waals surface area contributed by atoms with Crippen LogP contribution in [0.1, 0.15) is 12.5 Å². The number of hydrogen-bond donors (Lipinski definition) is 2. The van der Waals surface area contributed by atoms with Crippen molar-refractivity contribution in [1.82, 2.24) is 5.43 Å². The molecule has 0 saturated carbocycles. The number of hydrogen-bond acceptors (Lipinski definition) is 2. The smallest absolute Gasteiger partial charge is 0.184 e. The van der Waals surface area contributed by atoms with E-state index in [0.29, 0.717) is 0 Å². The van der Waals surface area contributed by atoms with Gasteiger partial charge in [-0.3, -0.25) is 5.43 Å². The standard InChI is InChI=1S/C11H12ClN3S/c1-8(14-15-11(13)16)2-3-9-4-6-10(12)7-5-9/h2-7H,1H3,(H3,13,15,16)/b3-2-,14-8-. The summed E-state index contributed by atoms with van der Waals surface area (Å²) in [7, 11) is 0. The molecule has 0 heterocycles. The maximum atomic E-state index is 5.77. The van der Waals surface area contributed by atoms with Crippen molar-refractivity contribution >= 4 is 40.7 Å². The number of allylic oxidation sites excluding steroid dienone is 1. The number of halogens is 1. The molecule has 3 N–H and O–H groups in total. The molecule has 16 heavy (non-hydrogen) atoms. The Morgan fingerprint density at radius 1 is 1.44 bits per heavy atom. The van der Waals surface area contributed by atoms with E-state index in [-0.39, 0.29) is 5.11 Å². The quantitative estimate of drug-likeness (QED) is 0.495. The highest BCUT2D eigenvalue weighted by Gasteiger charge is 1.89. The molecule has 0 aliphatic carbocycles. The lowest BCUT2D eigenvalue weighted by molar-refractivity contribution is 1.03. The fraction of sp³-hybridized carbons (Fsp3) is 0.0909. The summed E-state index contributed by atoms with van der Waals surface area (Å²) in [5.41, 5.74) is 9.59. The summed E-state index contributed by atoms with van der Waals surface area (Å²) < 4.78 is 0. The Morgan fingerprint density at radius 3 is 2.62 bits per heavy atom. The second-order valence-corrected chi connectivity index (χ2v) is 3.99. The molecular weight excluding hydrogens is 242 g/mol. The normalized spacial score (nSPS) is 11.8. The summed E-state index contributed by atoms with van der Waals surface area (Å²) in [6, 6.07) is 7.52. The average Bonchev–Trinajstić information content (AvgIpc) is 2.25. The van der Waals surface area contributed by atoms with Crippen LogP contribution in [0.2, 0.25) is 5.02 Å². The van der Waals surface area contributed by atoms with Crippen LogP contribution in [0.15, 0.2) is 35.4 Å². The minimum Gasteiger partial charge on any atom is -0.375 e. The zero-order valence-electron chi connectivity index (χ0n) is 8.77. The first-order chi connectivity index (χ1) is 7.58. The monoisotopic (exact) mass is 253 g/mol. The van der Waals surface area contributed by atoms with E-state index < -0.39 is 0 Å². The first-order valence-electron chi connectivity index (χ1n) is 4.61. The molecule has 0 atom stereocenters. The molecule has 0 fully saturated rings. The lowest BCUT2D eigenvalue weighted by Gasteiger charge is -1.96. The van der Waals surface area contributed by atoms with Gasteiger partial charge in [0.1, 0.15) is 0 Å². The van der Waals surface area contributed by atoms with E-state index in [1.54, 1.807) is 0 Å². The number of rotatable bonds is 3. The summed E-state index contributed by atoms with van der Waals surface area (Å²) in [5.74, 6) is 0. The molecule has 0 bridgehead atoms. The lowest BCUT2D eigenvalue weighted by Crippen LogP contribution is -2.24. The molecule has 0 saturated heterocycles. The van der Waals surface area contributed by atoms with Crippen molar-refractivity contribution < 1.29 is 0 Å². The van der Waals surface area contributed by atoms with Gasteiger partial charge in [-0.2, -0.15) is 5.10 Å². The number of nitrogens with zero attached hydrogens (tertiary/aromatic N) is 1. The van der Waals surface area contributed by atoms with Crippen LogP contribution in [0.4, 0.5) is 0 Å². The van der Waals surface area contributed by atoms with E-state index in [1.807, 2.05) is 43.3 Å². The molecule has 0 aliphatic rings. The van der Waals surface area contributed by atoms with Crippen molar-refractivity contribution in [3.8, 4) is 0 Å². The summed E-state index contributed by atoms with van der Waals surface area (Å²) in [5, 5.41) is 4.82. The first kappa shape index (κ1) is 12.7. The van der Waals surface area contributed by atoms with Gasteiger partial charge in [0.05, 0.1) is 5.71 Å². The molecule has 0 spiro atoms. The Hall–Kier alpha value is -1.39. The van der Waals surface area contributed by atoms with E-state index in [4.69, 9.17) is 17.3 Å². The summed E-state index contributed by atoms with van der Waals surface area (Å²) in [6.45, 7) is 1.84. The molecule has 3 nitrogen and oxygen atoms in total. The van der Waals surface area contributed by atoms with Crippen molar-refractivity contribution in [3.05, 3.63) is 40.9 Å². The largest absolute Gasteiger partial charge is 0.375 e. The highest BCUT2D eigenvalue weighted by atomic mass is 35.5. The van der Waals surface area contributed by atoms with Gasteiger partial charge in [-0.1, -0.05) is 29.8 Å². The average molecular weight is 254 g/mol. The lowest BCUT2D eigenvalue weighted by atomic mass is 10.2. The predicted molar refractivity (Wildman–Crippen MR) is 73.5 cm³/mol. The van der Waals surface area contributed by atoms with Crippen LogP contribution in [-0.2, 0) is 0 Å². The molecule has 84 valence electrons. The topological polar surface area (TPSA) is 50.4 Å². The predicted octanol–water partition coefficient (Wildman–Crippen LogP) is 2.56. The zero-order valence-corrected chi connectivity index (χ0v) is 10.3. The highest BCUT2D eigenvalue weighted by Crippen LogP contribution is 2.10. The maximum Gasteiger partial charge on any atom is 0.184 e. The Labute approximate surface area is 105 Å². The Morgan fingerprint density at radius 2 is 2.06 bits per heavy atom. The molecular formula is C11H12ClN3S. The molecule has 0 radical (unpaired) electrons. The second-order valence-electron chi connectivity index (χ2n) is 3.11. The molecule has 0 aliphatic heterocycles. The van der Waals surface area contributed by atoms with Crippen LogP contribution in [0.3, 0.4) is 0 Å². The van der Waals surface area contributed by atoms with Crippen LogP contribution < -0.4 is 11.2 Å². The van der Waals surface area contributed by atoms with Gasteiger partial charge < -0.3 is 5.73 Å². The third-order valence-corrected chi connectivity index (χ3v) is 2.07. The Balaban J connectivity index is 2.62. The van der Waals surface area contributed by atoms with Crippen LogP contribution in [0.25, 0.3) is 6.08 Å². The maximum absolute atomic E-state index is 5.77. The third-order valence-electron chi connectivity index (χ3n) is 1.73. The van der Waals surface area contributed by atoms with E-state index in [9.17, 15) is 0 Å². The third kappa shape index (κ3) is 4.91. The van der Waals surface area contributed by atoms with E-state index in [2.05, 4.69) is 22.7 Å². The van der Waals surface area contributed by atoms with E-state index in [0.717, 1.165) is 16.3 Å². The molecule has 1 rings (SSSR count). The van der Waals surface area contributed by atoms with Crippen molar-refractivity contribution in [2.75, 3.05) is 0 Å². The first-order valence-corrected chi connectivity index (χ1v) is 5.40. The van der Waals surface area contributed by atoms with Gasteiger partial charge in [0, 0.05) is 5.02 Å². The number of nitrogens with two attached hydrogens (primary N) is 1.